The molecule has 1 aliphatic heterocycles. The van der Waals surface area contributed by atoms with Crippen molar-refractivity contribution in [2.45, 2.75) is 37.6 Å². The molecule has 0 aliphatic carbocycles. The highest BCUT2D eigenvalue weighted by atomic mass is 32.2. The molecule has 0 amide bonds. The maximum absolute atomic E-state index is 12.2. The molecule has 0 unspecified atom stereocenters. The Morgan fingerprint density at radius 3 is 2.32 bits per heavy atom. The Kier molecular flexibility index (Phi) is 4.60. The van der Waals surface area contributed by atoms with Crippen molar-refractivity contribution in [2.24, 2.45) is 0 Å². The summed E-state index contributed by atoms with van der Waals surface area (Å²) in [6.07, 6.45) is 1.78. The van der Waals surface area contributed by atoms with Crippen LogP contribution in [0.1, 0.15) is 25.3 Å². The van der Waals surface area contributed by atoms with Crippen LogP contribution in [0.3, 0.4) is 0 Å². The summed E-state index contributed by atoms with van der Waals surface area (Å²) in [5.41, 5.74) is 1.07. The topological polar surface area (TPSA) is 49.4 Å². The van der Waals surface area contributed by atoms with Gasteiger partial charge in [-0.3, -0.25) is 0 Å². The van der Waals surface area contributed by atoms with E-state index in [1.54, 1.807) is 12.1 Å². The fourth-order valence-electron chi connectivity index (χ4n) is 2.37. The third-order valence-electron chi connectivity index (χ3n) is 3.69. The van der Waals surface area contributed by atoms with Crippen molar-refractivity contribution in [1.29, 1.82) is 0 Å². The van der Waals surface area contributed by atoms with Gasteiger partial charge in [-0.25, -0.2) is 13.1 Å². The SMILES string of the molecule is CCN1CCC(NS(=O)(=O)c2ccc(C)cc2)CC1. The summed E-state index contributed by atoms with van der Waals surface area (Å²) in [6, 6.07) is 7.05. The van der Waals surface area contributed by atoms with Crippen LogP contribution < -0.4 is 4.72 Å². The molecular formula is C14H22N2O2S. The molecule has 0 atom stereocenters. The molecule has 1 aromatic carbocycles. The van der Waals surface area contributed by atoms with E-state index in [4.69, 9.17) is 0 Å². The molecule has 0 saturated carbocycles. The number of piperidine rings is 1. The minimum Gasteiger partial charge on any atom is -0.303 e. The van der Waals surface area contributed by atoms with E-state index >= 15 is 0 Å². The molecule has 1 aliphatic rings. The summed E-state index contributed by atoms with van der Waals surface area (Å²) >= 11 is 0. The van der Waals surface area contributed by atoms with Crippen molar-refractivity contribution in [3.8, 4) is 0 Å². The molecule has 4 nitrogen and oxygen atoms in total. The second kappa shape index (κ2) is 6.03. The predicted octanol–water partition coefficient (Wildman–Crippen LogP) is 1.76. The average molecular weight is 282 g/mol. The Labute approximate surface area is 115 Å². The van der Waals surface area contributed by atoms with E-state index in [0.29, 0.717) is 4.90 Å². The number of aryl methyl sites for hydroxylation is 1. The lowest BCUT2D eigenvalue weighted by molar-refractivity contribution is 0.217. The second-order valence-corrected chi connectivity index (χ2v) is 6.86. The van der Waals surface area contributed by atoms with Crippen molar-refractivity contribution in [3.63, 3.8) is 0 Å². The minimum atomic E-state index is -3.37. The van der Waals surface area contributed by atoms with Crippen molar-refractivity contribution in [3.05, 3.63) is 29.8 Å². The van der Waals surface area contributed by atoms with Crippen LogP contribution in [0.4, 0.5) is 0 Å². The van der Waals surface area contributed by atoms with E-state index in [0.717, 1.165) is 38.0 Å². The lowest BCUT2D eigenvalue weighted by Crippen LogP contribution is -2.44. The molecule has 1 N–H and O–H groups in total. The first-order valence-corrected chi connectivity index (χ1v) is 8.31. The molecule has 0 bridgehead atoms. The first kappa shape index (κ1) is 14.5. The van der Waals surface area contributed by atoms with E-state index in [9.17, 15) is 8.42 Å². The number of nitrogens with one attached hydrogen (secondary N) is 1. The molecule has 106 valence electrons. The number of nitrogens with zero attached hydrogens (tertiary/aromatic N) is 1. The zero-order valence-corrected chi connectivity index (χ0v) is 12.4. The molecule has 0 aromatic heterocycles. The molecule has 5 heteroatoms. The van der Waals surface area contributed by atoms with Gasteiger partial charge in [-0.2, -0.15) is 0 Å². The lowest BCUT2D eigenvalue weighted by Gasteiger charge is -2.31. The van der Waals surface area contributed by atoms with E-state index in [1.807, 2.05) is 19.1 Å². The highest BCUT2D eigenvalue weighted by Gasteiger charge is 2.23. The van der Waals surface area contributed by atoms with Gasteiger partial charge in [0.2, 0.25) is 10.0 Å². The van der Waals surface area contributed by atoms with Crippen LogP contribution in [0.15, 0.2) is 29.2 Å². The van der Waals surface area contributed by atoms with Gasteiger partial charge in [0.1, 0.15) is 0 Å². The molecule has 1 fully saturated rings. The van der Waals surface area contributed by atoms with Crippen LogP contribution >= 0.6 is 0 Å². The molecule has 2 rings (SSSR count). The van der Waals surface area contributed by atoms with E-state index in [-0.39, 0.29) is 6.04 Å². The summed E-state index contributed by atoms with van der Waals surface area (Å²) < 4.78 is 27.3. The summed E-state index contributed by atoms with van der Waals surface area (Å²) in [5.74, 6) is 0. The summed E-state index contributed by atoms with van der Waals surface area (Å²) in [4.78, 5) is 2.70. The number of rotatable bonds is 4. The van der Waals surface area contributed by atoms with Crippen LogP contribution in [0.2, 0.25) is 0 Å². The van der Waals surface area contributed by atoms with Crippen molar-refractivity contribution < 1.29 is 8.42 Å². The van der Waals surface area contributed by atoms with Gasteiger partial charge in [-0.15, -0.1) is 0 Å². The molecular weight excluding hydrogens is 260 g/mol. The first-order valence-electron chi connectivity index (χ1n) is 6.82. The van der Waals surface area contributed by atoms with Gasteiger partial charge in [0.05, 0.1) is 4.90 Å². The van der Waals surface area contributed by atoms with Crippen LogP contribution in [-0.4, -0.2) is 39.0 Å². The number of sulfonamides is 1. The second-order valence-electron chi connectivity index (χ2n) is 5.14. The van der Waals surface area contributed by atoms with Crippen LogP contribution in [0.25, 0.3) is 0 Å². The van der Waals surface area contributed by atoms with E-state index in [2.05, 4.69) is 16.5 Å². The largest absolute Gasteiger partial charge is 0.303 e. The highest BCUT2D eigenvalue weighted by Crippen LogP contribution is 2.15. The summed E-state index contributed by atoms with van der Waals surface area (Å²) in [6.45, 7) is 7.06. The lowest BCUT2D eigenvalue weighted by atomic mass is 10.1. The van der Waals surface area contributed by atoms with Gasteiger partial charge in [0.15, 0.2) is 0 Å². The normalized spacial score (nSPS) is 18.6. The number of likely N-dealkylation sites (tertiary alicyclic amines) is 1. The molecule has 0 spiro atoms. The highest BCUT2D eigenvalue weighted by molar-refractivity contribution is 7.89. The Hall–Kier alpha value is -0.910. The number of hydrogen-bond donors (Lipinski definition) is 1. The smallest absolute Gasteiger partial charge is 0.240 e. The third kappa shape index (κ3) is 3.78. The maximum Gasteiger partial charge on any atom is 0.240 e. The zero-order chi connectivity index (χ0) is 13.9. The molecule has 0 radical (unpaired) electrons. The van der Waals surface area contributed by atoms with Gasteiger partial charge in [0.25, 0.3) is 0 Å². The minimum absolute atomic E-state index is 0.0640. The molecule has 1 aromatic rings. The molecule has 19 heavy (non-hydrogen) atoms. The van der Waals surface area contributed by atoms with Crippen molar-refractivity contribution >= 4 is 10.0 Å². The fourth-order valence-corrected chi connectivity index (χ4v) is 3.68. The molecule has 1 heterocycles. The Balaban J connectivity index is 2.00. The Bertz CT molecular complexity index is 503. The van der Waals surface area contributed by atoms with Crippen molar-refractivity contribution in [1.82, 2.24) is 9.62 Å². The summed E-state index contributed by atoms with van der Waals surface area (Å²) in [5, 5.41) is 0. The fraction of sp³-hybridized carbons (Fsp3) is 0.571. The standard InChI is InChI=1S/C14H22N2O2S/c1-3-16-10-8-13(9-11-16)15-19(17,18)14-6-4-12(2)5-7-14/h4-7,13,15H,3,8-11H2,1-2H3. The van der Waals surface area contributed by atoms with Gasteiger partial charge >= 0.3 is 0 Å². The van der Waals surface area contributed by atoms with Crippen LogP contribution in [0.5, 0.6) is 0 Å². The van der Waals surface area contributed by atoms with Gasteiger partial charge in [0, 0.05) is 6.04 Å². The quantitative estimate of drug-likeness (QED) is 0.915. The molecule has 1 saturated heterocycles. The Morgan fingerprint density at radius 2 is 1.79 bits per heavy atom. The zero-order valence-electron chi connectivity index (χ0n) is 11.6. The van der Waals surface area contributed by atoms with Crippen LogP contribution in [-0.2, 0) is 10.0 Å². The first-order chi connectivity index (χ1) is 9.01. The van der Waals surface area contributed by atoms with Gasteiger partial charge in [-0.1, -0.05) is 24.6 Å². The van der Waals surface area contributed by atoms with Gasteiger partial charge < -0.3 is 4.90 Å². The predicted molar refractivity (Wildman–Crippen MR) is 76.6 cm³/mol. The average Bonchev–Trinajstić information content (AvgIpc) is 2.40. The monoisotopic (exact) mass is 282 g/mol. The number of benzene rings is 1. The van der Waals surface area contributed by atoms with Gasteiger partial charge in [-0.05, 0) is 51.5 Å². The van der Waals surface area contributed by atoms with Crippen LogP contribution in [0, 0.1) is 6.92 Å². The summed E-state index contributed by atoms with van der Waals surface area (Å²) in [7, 11) is -3.37. The third-order valence-corrected chi connectivity index (χ3v) is 5.22. The van der Waals surface area contributed by atoms with Crippen molar-refractivity contribution in [2.75, 3.05) is 19.6 Å². The van der Waals surface area contributed by atoms with E-state index < -0.39 is 10.0 Å². The van der Waals surface area contributed by atoms with E-state index in [1.165, 1.54) is 0 Å². The Morgan fingerprint density at radius 1 is 1.21 bits per heavy atom. The maximum atomic E-state index is 12.2. The number of hydrogen-bond acceptors (Lipinski definition) is 3.